The van der Waals surface area contributed by atoms with Crippen LogP contribution in [0.5, 0.6) is 5.75 Å². The second kappa shape index (κ2) is 15.4. The second-order valence-electron chi connectivity index (χ2n) is 13.7. The lowest BCUT2D eigenvalue weighted by molar-refractivity contribution is -0.136. The normalized spacial score (nSPS) is 24.6. The molecule has 2 amide bonds. The van der Waals surface area contributed by atoms with Gasteiger partial charge in [0.15, 0.2) is 17.3 Å². The molecule has 1 aliphatic heterocycles. The third kappa shape index (κ3) is 8.21. The van der Waals surface area contributed by atoms with Gasteiger partial charge in [0.05, 0.1) is 26.3 Å². The summed E-state index contributed by atoms with van der Waals surface area (Å²) in [6.07, 6.45) is 12.2. The molecule has 49 heavy (non-hydrogen) atoms. The minimum atomic E-state index is -0.480. The number of rotatable bonds is 11. The summed E-state index contributed by atoms with van der Waals surface area (Å²) in [6.45, 7) is 7.21. The van der Waals surface area contributed by atoms with E-state index in [0.29, 0.717) is 79.8 Å². The van der Waals surface area contributed by atoms with E-state index in [0.717, 1.165) is 50.1 Å². The van der Waals surface area contributed by atoms with Gasteiger partial charge in [-0.2, -0.15) is 5.26 Å². The van der Waals surface area contributed by atoms with Gasteiger partial charge < -0.3 is 23.9 Å². The summed E-state index contributed by atoms with van der Waals surface area (Å²) in [7, 11) is 1.54. The molecule has 0 bridgehead atoms. The van der Waals surface area contributed by atoms with E-state index in [4.69, 9.17) is 18.9 Å². The predicted octanol–water partition coefficient (Wildman–Crippen LogP) is 5.95. The van der Waals surface area contributed by atoms with Gasteiger partial charge in [0.25, 0.3) is 0 Å². The highest BCUT2D eigenvalue weighted by Crippen LogP contribution is 2.40. The van der Waals surface area contributed by atoms with Gasteiger partial charge in [-0.25, -0.2) is 19.8 Å². The van der Waals surface area contributed by atoms with Crippen molar-refractivity contribution >= 4 is 23.8 Å². The number of pyridine rings is 1. The number of aliphatic imine (C=N–C) groups is 1. The molecular formula is C37H46N6O6. The molecule has 0 aromatic carbocycles. The van der Waals surface area contributed by atoms with Crippen LogP contribution in [0.15, 0.2) is 46.3 Å². The molecule has 2 aromatic rings. The van der Waals surface area contributed by atoms with Crippen LogP contribution in [0.25, 0.3) is 5.57 Å². The Morgan fingerprint density at radius 1 is 1.10 bits per heavy atom. The van der Waals surface area contributed by atoms with Crippen LogP contribution in [0.1, 0.15) is 106 Å². The lowest BCUT2D eigenvalue weighted by Gasteiger charge is -2.38. The minimum Gasteiger partial charge on any atom is -0.494 e. The average molecular weight is 671 g/mol. The maximum atomic E-state index is 14.4. The number of hydrogen-bond donors (Lipinski definition) is 1. The van der Waals surface area contributed by atoms with E-state index < -0.39 is 12.2 Å². The van der Waals surface area contributed by atoms with Gasteiger partial charge in [-0.1, -0.05) is 6.58 Å². The molecule has 0 atom stereocenters. The third-order valence-electron chi connectivity index (χ3n) is 10.2. The molecule has 4 fully saturated rings. The molecule has 260 valence electrons. The van der Waals surface area contributed by atoms with E-state index in [1.807, 2.05) is 30.0 Å². The Morgan fingerprint density at radius 3 is 2.45 bits per heavy atom. The lowest BCUT2D eigenvalue weighted by Crippen LogP contribution is -2.54. The van der Waals surface area contributed by atoms with Crippen molar-refractivity contribution in [3.8, 4) is 11.8 Å². The van der Waals surface area contributed by atoms with Gasteiger partial charge >= 0.3 is 6.09 Å². The fourth-order valence-electron chi connectivity index (χ4n) is 7.10. The topological polar surface area (TPSA) is 154 Å². The molecular weight excluding hydrogens is 624 g/mol. The molecule has 0 radical (unpaired) electrons. The average Bonchev–Trinajstić information content (AvgIpc) is 3.84. The van der Waals surface area contributed by atoms with Crippen molar-refractivity contribution in [3.63, 3.8) is 0 Å². The van der Waals surface area contributed by atoms with E-state index in [1.165, 1.54) is 12.0 Å². The number of methoxy groups -OCH3 is 1. The Hall–Kier alpha value is -4.50. The van der Waals surface area contributed by atoms with Crippen LogP contribution in [0, 0.1) is 23.2 Å². The highest BCUT2D eigenvalue weighted by atomic mass is 16.6. The van der Waals surface area contributed by atoms with Crippen molar-refractivity contribution in [3.05, 3.63) is 59.8 Å². The van der Waals surface area contributed by atoms with Crippen LogP contribution in [0.4, 0.5) is 4.79 Å². The summed E-state index contributed by atoms with van der Waals surface area (Å²) in [5.41, 5.74) is 2.46. The van der Waals surface area contributed by atoms with E-state index in [1.54, 1.807) is 12.5 Å². The molecule has 1 saturated heterocycles. The maximum Gasteiger partial charge on any atom is 0.410 e. The quantitative estimate of drug-likeness (QED) is 0.226. The zero-order valence-corrected chi connectivity index (χ0v) is 28.4. The van der Waals surface area contributed by atoms with Crippen LogP contribution in [-0.4, -0.2) is 82.0 Å². The number of ether oxygens (including phenoxy) is 2. The molecule has 3 saturated carbocycles. The zero-order valence-electron chi connectivity index (χ0n) is 28.4. The van der Waals surface area contributed by atoms with Crippen molar-refractivity contribution in [2.75, 3.05) is 26.7 Å². The summed E-state index contributed by atoms with van der Waals surface area (Å²) in [5, 5.41) is 19.1. The number of carbonyl (C=O) groups is 2. The number of amides is 2. The summed E-state index contributed by atoms with van der Waals surface area (Å²) in [4.78, 5) is 44.1. The fraction of sp³-hybridized carbons (Fsp3) is 0.568. The minimum absolute atomic E-state index is 0.0109. The number of allylic oxidation sites excluding steroid dienone is 2. The van der Waals surface area contributed by atoms with Gasteiger partial charge in [-0.3, -0.25) is 9.69 Å². The van der Waals surface area contributed by atoms with E-state index in [2.05, 4.69) is 22.6 Å². The maximum absolute atomic E-state index is 14.4. The summed E-state index contributed by atoms with van der Waals surface area (Å²) >= 11 is 0. The summed E-state index contributed by atoms with van der Waals surface area (Å²) < 4.78 is 16.7. The number of β-amino-alcohol motifs (C(OH)–C–C–N with tert-alkyl or cyclic N) is 1. The molecule has 3 aliphatic carbocycles. The Labute approximate surface area is 287 Å². The SMILES string of the molecule is C=C(/C=C(\N=C/C)N(C[C@H]1CC[C@H](c2ccc(OC)c(C#N)n2)CC1)C(=O)[C@H]1CC[C@H](OC(=O)N2CC(O)C2)CC1)c1coc(C2CC2)n1. The van der Waals surface area contributed by atoms with Crippen LogP contribution in [0.3, 0.4) is 0 Å². The molecule has 12 heteroatoms. The number of aliphatic hydroxyl groups is 1. The van der Waals surface area contributed by atoms with Crippen molar-refractivity contribution in [2.24, 2.45) is 16.8 Å². The first-order chi connectivity index (χ1) is 23.8. The highest BCUT2D eigenvalue weighted by molar-refractivity contribution is 5.82. The first kappa shape index (κ1) is 34.4. The number of aliphatic hydroxyl groups excluding tert-OH is 1. The Morgan fingerprint density at radius 2 is 1.82 bits per heavy atom. The highest BCUT2D eigenvalue weighted by Gasteiger charge is 2.37. The monoisotopic (exact) mass is 670 g/mol. The number of nitrogens with zero attached hydrogens (tertiary/aromatic N) is 6. The van der Waals surface area contributed by atoms with Crippen LogP contribution in [0.2, 0.25) is 0 Å². The largest absolute Gasteiger partial charge is 0.494 e. The van der Waals surface area contributed by atoms with Gasteiger partial charge in [0.2, 0.25) is 5.91 Å². The van der Waals surface area contributed by atoms with Gasteiger partial charge in [-0.15, -0.1) is 0 Å². The van der Waals surface area contributed by atoms with Crippen molar-refractivity contribution in [1.82, 2.24) is 19.8 Å². The predicted molar refractivity (Wildman–Crippen MR) is 181 cm³/mol. The molecule has 0 spiro atoms. The Kier molecular flexibility index (Phi) is 10.8. The molecule has 4 aliphatic rings. The first-order valence-corrected chi connectivity index (χ1v) is 17.5. The van der Waals surface area contributed by atoms with Gasteiger partial charge in [-0.05, 0) is 101 Å². The van der Waals surface area contributed by atoms with Crippen molar-refractivity contribution in [1.29, 1.82) is 5.26 Å². The molecule has 2 aromatic heterocycles. The molecule has 1 N–H and O–H groups in total. The third-order valence-corrected chi connectivity index (χ3v) is 10.2. The molecule has 6 rings (SSSR count). The number of likely N-dealkylation sites (tertiary alicyclic amines) is 1. The lowest BCUT2D eigenvalue weighted by atomic mass is 9.79. The van der Waals surface area contributed by atoms with E-state index >= 15 is 0 Å². The Bertz CT molecular complexity index is 1620. The van der Waals surface area contributed by atoms with Crippen molar-refractivity contribution in [2.45, 2.75) is 95.2 Å². The second-order valence-corrected chi connectivity index (χ2v) is 13.7. The Balaban J connectivity index is 1.16. The van der Waals surface area contributed by atoms with Crippen molar-refractivity contribution < 1.29 is 28.6 Å². The van der Waals surface area contributed by atoms with Gasteiger partial charge in [0.1, 0.15) is 30.0 Å². The number of carbonyl (C=O) groups excluding carboxylic acids is 2. The zero-order chi connectivity index (χ0) is 34.5. The fourth-order valence-corrected chi connectivity index (χ4v) is 7.10. The number of aromatic nitrogens is 2. The standard InChI is InChI=1S/C37H46N6O6/c1-4-39-34(17-23(2)32-22-48-35(41-32)26-9-10-26)43(36(45)27-11-13-29(14-12-27)49-37(46)42-20-28(44)21-42)19-24-5-7-25(8-6-24)30-15-16-33(47-3)31(18-38)40-30/h4,15-17,22,24-29,44H,2,5-14,19-21H2,1,3H3/b34-17+,39-4-/t24-,25-,27-,29-. The van der Waals surface area contributed by atoms with Crippen LogP contribution < -0.4 is 4.74 Å². The molecule has 3 heterocycles. The first-order valence-electron chi connectivity index (χ1n) is 17.5. The van der Waals surface area contributed by atoms with Crippen LogP contribution >= 0.6 is 0 Å². The number of oxazole rings is 1. The molecule has 12 nitrogen and oxygen atoms in total. The van der Waals surface area contributed by atoms with E-state index in [-0.39, 0.29) is 29.8 Å². The summed E-state index contributed by atoms with van der Waals surface area (Å²) in [6, 6.07) is 5.90. The smallest absolute Gasteiger partial charge is 0.410 e. The van der Waals surface area contributed by atoms with E-state index in [9.17, 15) is 20.0 Å². The summed E-state index contributed by atoms with van der Waals surface area (Å²) in [5.74, 6) is 2.35. The van der Waals surface area contributed by atoms with Crippen LogP contribution in [-0.2, 0) is 9.53 Å². The van der Waals surface area contributed by atoms with Gasteiger partial charge in [0, 0.05) is 36.2 Å². The number of nitriles is 1. The molecule has 0 unspecified atom stereocenters. The number of hydrogen-bond acceptors (Lipinski definition) is 10.